The minimum Gasteiger partial charge on any atom is -0.481 e. The summed E-state index contributed by atoms with van der Waals surface area (Å²) in [7, 11) is 0. The van der Waals surface area contributed by atoms with E-state index in [0.717, 1.165) is 11.1 Å². The van der Waals surface area contributed by atoms with Gasteiger partial charge in [0.15, 0.2) is 0 Å². The molecule has 1 saturated heterocycles. The number of nitrogens with zero attached hydrogens (tertiary/aromatic N) is 1. The van der Waals surface area contributed by atoms with Crippen LogP contribution in [0.3, 0.4) is 0 Å². The molecule has 5 heteroatoms. The first-order chi connectivity index (χ1) is 11.1. The average Bonchev–Trinajstić information content (AvgIpc) is 3.23. The molecule has 0 spiro atoms. The summed E-state index contributed by atoms with van der Waals surface area (Å²) in [6.07, 6.45) is 1.15. The first kappa shape index (κ1) is 15.7. The van der Waals surface area contributed by atoms with Crippen LogP contribution in [0.5, 0.6) is 0 Å². The van der Waals surface area contributed by atoms with E-state index in [4.69, 9.17) is 0 Å². The van der Waals surface area contributed by atoms with Gasteiger partial charge in [0.05, 0.1) is 5.92 Å². The van der Waals surface area contributed by atoms with Crippen molar-refractivity contribution in [2.24, 2.45) is 5.92 Å². The summed E-state index contributed by atoms with van der Waals surface area (Å²) in [5.41, 5.74) is 2.16. The number of aliphatic carboxylic acids is 1. The van der Waals surface area contributed by atoms with Crippen LogP contribution in [0.1, 0.15) is 23.5 Å². The number of thiophene rings is 1. The van der Waals surface area contributed by atoms with Crippen molar-refractivity contribution in [3.05, 3.63) is 58.3 Å². The normalized spacial score (nSPS) is 20.6. The van der Waals surface area contributed by atoms with Gasteiger partial charge in [-0.1, -0.05) is 30.3 Å². The van der Waals surface area contributed by atoms with E-state index in [1.807, 2.05) is 47.2 Å². The predicted octanol–water partition coefficient (Wildman–Crippen LogP) is 3.01. The third kappa shape index (κ3) is 3.62. The first-order valence-electron chi connectivity index (χ1n) is 7.71. The predicted molar refractivity (Wildman–Crippen MR) is 89.5 cm³/mol. The molecule has 120 valence electrons. The van der Waals surface area contributed by atoms with Crippen LogP contribution in [0.2, 0.25) is 0 Å². The Morgan fingerprint density at radius 1 is 1.17 bits per heavy atom. The lowest BCUT2D eigenvalue weighted by Crippen LogP contribution is -2.30. The van der Waals surface area contributed by atoms with E-state index in [1.165, 1.54) is 0 Å². The van der Waals surface area contributed by atoms with Gasteiger partial charge in [-0.05, 0) is 34.4 Å². The van der Waals surface area contributed by atoms with E-state index in [-0.39, 0.29) is 11.8 Å². The number of carboxylic acids is 1. The van der Waals surface area contributed by atoms with Crippen molar-refractivity contribution < 1.29 is 14.7 Å². The highest BCUT2D eigenvalue weighted by atomic mass is 32.1. The number of aryl methyl sites for hydroxylation is 1. The fourth-order valence-corrected chi connectivity index (χ4v) is 3.84. The first-order valence-corrected chi connectivity index (χ1v) is 8.66. The monoisotopic (exact) mass is 329 g/mol. The molecular formula is C18H19NO3S. The topological polar surface area (TPSA) is 57.6 Å². The van der Waals surface area contributed by atoms with Gasteiger partial charge in [0.1, 0.15) is 0 Å². The maximum atomic E-state index is 12.4. The Hall–Kier alpha value is -2.14. The summed E-state index contributed by atoms with van der Waals surface area (Å²) in [4.78, 5) is 25.7. The SMILES string of the molecule is O=C(O)C1CN(C(=O)CCc2ccsc2)CC1c1ccccc1. The van der Waals surface area contributed by atoms with E-state index in [1.54, 1.807) is 16.2 Å². The minimum atomic E-state index is -0.827. The Bertz CT molecular complexity index is 669. The number of carbonyl (C=O) groups excluding carboxylic acids is 1. The van der Waals surface area contributed by atoms with E-state index in [2.05, 4.69) is 0 Å². The fraction of sp³-hybridized carbons (Fsp3) is 0.333. The molecule has 2 heterocycles. The number of hydrogen-bond donors (Lipinski definition) is 1. The van der Waals surface area contributed by atoms with Gasteiger partial charge < -0.3 is 10.0 Å². The summed E-state index contributed by atoms with van der Waals surface area (Å²) >= 11 is 1.62. The minimum absolute atomic E-state index is 0.0425. The van der Waals surface area contributed by atoms with Crippen molar-refractivity contribution in [1.29, 1.82) is 0 Å². The van der Waals surface area contributed by atoms with Crippen LogP contribution in [-0.2, 0) is 16.0 Å². The van der Waals surface area contributed by atoms with Gasteiger partial charge in [-0.15, -0.1) is 0 Å². The molecular weight excluding hydrogens is 310 g/mol. The van der Waals surface area contributed by atoms with Crippen LogP contribution < -0.4 is 0 Å². The zero-order chi connectivity index (χ0) is 16.2. The molecule has 0 saturated carbocycles. The molecule has 2 aromatic rings. The third-order valence-corrected chi connectivity index (χ3v) is 5.16. The van der Waals surface area contributed by atoms with E-state index in [9.17, 15) is 14.7 Å². The molecule has 4 nitrogen and oxygen atoms in total. The Balaban J connectivity index is 1.67. The lowest BCUT2D eigenvalue weighted by molar-refractivity contribution is -0.141. The highest BCUT2D eigenvalue weighted by Gasteiger charge is 2.40. The molecule has 0 radical (unpaired) electrons. The zero-order valence-corrected chi connectivity index (χ0v) is 13.5. The van der Waals surface area contributed by atoms with E-state index < -0.39 is 11.9 Å². The fourth-order valence-electron chi connectivity index (χ4n) is 3.14. The number of carboxylic acid groups (broad SMARTS) is 1. The standard InChI is InChI=1S/C18H19NO3S/c20-17(7-6-13-8-9-23-12-13)19-10-15(16(11-19)18(21)22)14-4-2-1-3-5-14/h1-5,8-9,12,15-16H,6-7,10-11H2,(H,21,22). The second-order valence-corrected chi connectivity index (χ2v) is 6.67. The Morgan fingerprint density at radius 3 is 2.61 bits per heavy atom. The van der Waals surface area contributed by atoms with Crippen LogP contribution in [0, 0.1) is 5.92 Å². The molecule has 1 aliphatic rings. The van der Waals surface area contributed by atoms with Crippen LogP contribution >= 0.6 is 11.3 Å². The number of hydrogen-bond acceptors (Lipinski definition) is 3. The molecule has 1 amide bonds. The second-order valence-electron chi connectivity index (χ2n) is 5.89. The van der Waals surface area contributed by atoms with Crippen molar-refractivity contribution in [2.45, 2.75) is 18.8 Å². The largest absolute Gasteiger partial charge is 0.481 e. The number of carbonyl (C=O) groups is 2. The van der Waals surface area contributed by atoms with Gasteiger partial charge in [0, 0.05) is 25.4 Å². The summed E-state index contributed by atoms with van der Waals surface area (Å²) in [5.74, 6) is -1.44. The molecule has 0 bridgehead atoms. The van der Waals surface area contributed by atoms with Crippen molar-refractivity contribution in [2.75, 3.05) is 13.1 Å². The maximum absolute atomic E-state index is 12.4. The summed E-state index contributed by atoms with van der Waals surface area (Å²) < 4.78 is 0. The summed E-state index contributed by atoms with van der Waals surface area (Å²) in [6.45, 7) is 0.792. The highest BCUT2D eigenvalue weighted by Crippen LogP contribution is 2.33. The van der Waals surface area contributed by atoms with Crippen molar-refractivity contribution in [1.82, 2.24) is 4.90 Å². The lowest BCUT2D eigenvalue weighted by Gasteiger charge is -2.16. The quantitative estimate of drug-likeness (QED) is 0.917. The summed E-state index contributed by atoms with van der Waals surface area (Å²) in [6, 6.07) is 11.7. The number of benzene rings is 1. The van der Waals surface area contributed by atoms with E-state index in [0.29, 0.717) is 25.9 Å². The van der Waals surface area contributed by atoms with Crippen molar-refractivity contribution >= 4 is 23.2 Å². The van der Waals surface area contributed by atoms with Gasteiger partial charge in [-0.25, -0.2) is 0 Å². The smallest absolute Gasteiger partial charge is 0.308 e. The van der Waals surface area contributed by atoms with Crippen LogP contribution in [-0.4, -0.2) is 35.0 Å². The van der Waals surface area contributed by atoms with Crippen molar-refractivity contribution in [3.8, 4) is 0 Å². The van der Waals surface area contributed by atoms with Crippen LogP contribution in [0.25, 0.3) is 0 Å². The van der Waals surface area contributed by atoms with Gasteiger partial charge >= 0.3 is 5.97 Å². The molecule has 2 atom stereocenters. The molecule has 1 N–H and O–H groups in total. The lowest BCUT2D eigenvalue weighted by atomic mass is 9.89. The molecule has 1 fully saturated rings. The Kier molecular flexibility index (Phi) is 4.76. The Labute approximate surface area is 139 Å². The van der Waals surface area contributed by atoms with Crippen molar-refractivity contribution in [3.63, 3.8) is 0 Å². The summed E-state index contributed by atoms with van der Waals surface area (Å²) in [5, 5.41) is 13.5. The highest BCUT2D eigenvalue weighted by molar-refractivity contribution is 7.07. The van der Waals surface area contributed by atoms with Crippen LogP contribution in [0.4, 0.5) is 0 Å². The zero-order valence-electron chi connectivity index (χ0n) is 12.7. The van der Waals surface area contributed by atoms with Gasteiger partial charge in [-0.3, -0.25) is 9.59 Å². The van der Waals surface area contributed by atoms with Gasteiger partial charge in [0.2, 0.25) is 5.91 Å². The molecule has 3 rings (SSSR count). The number of likely N-dealkylation sites (tertiary alicyclic amines) is 1. The van der Waals surface area contributed by atoms with Crippen LogP contribution in [0.15, 0.2) is 47.2 Å². The average molecular weight is 329 g/mol. The molecule has 1 aromatic heterocycles. The molecule has 1 aromatic carbocycles. The third-order valence-electron chi connectivity index (χ3n) is 4.43. The molecule has 2 unspecified atom stereocenters. The number of amides is 1. The maximum Gasteiger partial charge on any atom is 0.308 e. The molecule has 0 aliphatic carbocycles. The van der Waals surface area contributed by atoms with Gasteiger partial charge in [0.25, 0.3) is 0 Å². The molecule has 1 aliphatic heterocycles. The Morgan fingerprint density at radius 2 is 1.96 bits per heavy atom. The second kappa shape index (κ2) is 6.96. The van der Waals surface area contributed by atoms with Gasteiger partial charge in [-0.2, -0.15) is 11.3 Å². The molecule has 23 heavy (non-hydrogen) atoms. The van der Waals surface area contributed by atoms with E-state index >= 15 is 0 Å². The number of rotatable bonds is 5.